The van der Waals surface area contributed by atoms with E-state index in [4.69, 9.17) is 0 Å². The van der Waals surface area contributed by atoms with E-state index in [9.17, 15) is 0 Å². The van der Waals surface area contributed by atoms with Gasteiger partial charge in [0.05, 0.1) is 0 Å². The Kier molecular flexibility index (Phi) is 2.93. The molecule has 128 valence electrons. The third-order valence-corrected chi connectivity index (χ3v) is 11.4. The molecule has 8 atom stereocenters. The van der Waals surface area contributed by atoms with Gasteiger partial charge in [-0.1, -0.05) is 48.0 Å². The van der Waals surface area contributed by atoms with E-state index in [2.05, 4.69) is 15.9 Å². The van der Waals surface area contributed by atoms with Crippen LogP contribution in [-0.2, 0) is 0 Å². The van der Waals surface area contributed by atoms with Crippen LogP contribution in [0, 0.1) is 40.4 Å². The fourth-order valence-corrected chi connectivity index (χ4v) is 10.7. The van der Waals surface area contributed by atoms with E-state index in [0.717, 1.165) is 40.4 Å². The van der Waals surface area contributed by atoms with Gasteiger partial charge in [0, 0.05) is 4.32 Å². The zero-order valence-electron chi connectivity index (χ0n) is 14.7. The van der Waals surface area contributed by atoms with Crippen molar-refractivity contribution in [3.8, 4) is 0 Å². The highest BCUT2D eigenvalue weighted by molar-refractivity contribution is 9.10. The van der Waals surface area contributed by atoms with E-state index >= 15 is 0 Å². The maximum atomic E-state index is 4.37. The highest BCUT2D eigenvalue weighted by Crippen LogP contribution is 2.77. The summed E-state index contributed by atoms with van der Waals surface area (Å²) in [7, 11) is 0. The van der Waals surface area contributed by atoms with Crippen LogP contribution in [0.1, 0.15) is 89.9 Å². The average Bonchev–Trinajstić information content (AvgIpc) is 2.77. The Balaban J connectivity index is 1.43. The Morgan fingerprint density at radius 3 is 2.43 bits per heavy atom. The Morgan fingerprint density at radius 2 is 1.48 bits per heavy atom. The Hall–Kier alpha value is 0.480. The van der Waals surface area contributed by atoms with Crippen LogP contribution < -0.4 is 0 Å². The normalized spacial score (nSPS) is 63.3. The van der Waals surface area contributed by atoms with Gasteiger partial charge in [-0.15, -0.1) is 0 Å². The van der Waals surface area contributed by atoms with Gasteiger partial charge in [-0.05, 0) is 98.2 Å². The first-order valence-corrected chi connectivity index (χ1v) is 11.6. The molecule has 0 N–H and O–H groups in total. The average molecular weight is 377 g/mol. The highest BCUT2D eigenvalue weighted by atomic mass is 79.9. The summed E-state index contributed by atoms with van der Waals surface area (Å²) in [4.78, 5) is 0. The van der Waals surface area contributed by atoms with Crippen molar-refractivity contribution in [2.45, 2.75) is 94.2 Å². The van der Waals surface area contributed by atoms with E-state index in [0.29, 0.717) is 4.32 Å². The summed E-state index contributed by atoms with van der Waals surface area (Å²) in [5.74, 6) is 5.49. The van der Waals surface area contributed by atoms with Gasteiger partial charge >= 0.3 is 0 Å². The van der Waals surface area contributed by atoms with Crippen molar-refractivity contribution < 1.29 is 0 Å². The lowest BCUT2D eigenvalue weighted by Crippen LogP contribution is -2.45. The quantitative estimate of drug-likeness (QED) is 0.445. The summed E-state index contributed by atoms with van der Waals surface area (Å²) >= 11 is 4.37. The molecule has 23 heavy (non-hydrogen) atoms. The predicted octanol–water partition coefficient (Wildman–Crippen LogP) is 6.72. The highest BCUT2D eigenvalue weighted by Gasteiger charge is 2.68. The molecule has 1 heteroatoms. The summed E-state index contributed by atoms with van der Waals surface area (Å²) in [6.07, 6.45) is 22.2. The zero-order valence-corrected chi connectivity index (χ0v) is 16.3. The first-order valence-electron chi connectivity index (χ1n) is 10.8. The first-order chi connectivity index (χ1) is 11.1. The summed E-state index contributed by atoms with van der Waals surface area (Å²) in [5.41, 5.74) is 1.54. The molecule has 0 aromatic heterocycles. The van der Waals surface area contributed by atoms with E-state index in [-0.39, 0.29) is 0 Å². The van der Waals surface area contributed by atoms with E-state index in [1.807, 2.05) is 0 Å². The molecule has 8 unspecified atom stereocenters. The second-order valence-corrected chi connectivity index (χ2v) is 12.6. The predicted molar refractivity (Wildman–Crippen MR) is 98.6 cm³/mol. The van der Waals surface area contributed by atoms with Crippen molar-refractivity contribution in [2.75, 3.05) is 0 Å². The van der Waals surface area contributed by atoms with Crippen LogP contribution in [0.5, 0.6) is 0 Å². The van der Waals surface area contributed by atoms with Gasteiger partial charge in [0.2, 0.25) is 0 Å². The van der Waals surface area contributed by atoms with Crippen molar-refractivity contribution in [1.29, 1.82) is 0 Å². The van der Waals surface area contributed by atoms with Crippen molar-refractivity contribution in [2.24, 2.45) is 40.4 Å². The minimum atomic E-state index is 0.553. The first kappa shape index (κ1) is 14.6. The third kappa shape index (κ3) is 1.85. The molecule has 0 radical (unpaired) electrons. The van der Waals surface area contributed by atoms with Crippen LogP contribution in [0.2, 0.25) is 0 Å². The minimum absolute atomic E-state index is 0.553. The number of fused-ring (bicyclic) bond motifs is 5. The SMILES string of the molecule is BrC12CCCC3CC1CC(C14CC5CCCC(C1)C(C5)C4)(C3)C2. The second-order valence-electron chi connectivity index (χ2n) is 11.0. The van der Waals surface area contributed by atoms with Gasteiger partial charge in [-0.2, -0.15) is 0 Å². The molecule has 0 nitrogen and oxygen atoms in total. The maximum Gasteiger partial charge on any atom is 0.0292 e. The van der Waals surface area contributed by atoms with E-state index in [1.165, 1.54) is 12.8 Å². The second kappa shape index (κ2) is 4.60. The molecule has 6 aliphatic rings. The molecule has 0 spiro atoms. The Bertz CT molecular complexity index is 520. The maximum absolute atomic E-state index is 4.37. The fourth-order valence-electron chi connectivity index (χ4n) is 9.54. The number of alkyl halides is 1. The van der Waals surface area contributed by atoms with Crippen molar-refractivity contribution in [3.63, 3.8) is 0 Å². The van der Waals surface area contributed by atoms with Gasteiger partial charge in [-0.25, -0.2) is 0 Å². The summed E-state index contributed by atoms with van der Waals surface area (Å²) < 4.78 is 0.553. The fraction of sp³-hybridized carbons (Fsp3) is 1.00. The lowest BCUT2D eigenvalue weighted by Gasteiger charge is -2.54. The zero-order chi connectivity index (χ0) is 15.3. The molecular weight excluding hydrogens is 344 g/mol. The molecule has 0 amide bonds. The third-order valence-electron chi connectivity index (χ3n) is 10.1. The summed E-state index contributed by atoms with van der Waals surface area (Å²) in [6, 6.07) is 0. The van der Waals surface area contributed by atoms with Gasteiger partial charge < -0.3 is 0 Å². The molecule has 6 saturated carbocycles. The summed E-state index contributed by atoms with van der Waals surface area (Å²) in [6.45, 7) is 0. The molecule has 6 aliphatic carbocycles. The molecule has 6 bridgehead atoms. The molecule has 0 heterocycles. The number of hydrogen-bond donors (Lipinski definition) is 0. The van der Waals surface area contributed by atoms with E-state index < -0.39 is 0 Å². The van der Waals surface area contributed by atoms with Crippen LogP contribution in [0.4, 0.5) is 0 Å². The monoisotopic (exact) mass is 376 g/mol. The molecule has 0 saturated heterocycles. The van der Waals surface area contributed by atoms with Gasteiger partial charge in [0.1, 0.15) is 0 Å². The van der Waals surface area contributed by atoms with Gasteiger partial charge in [-0.3, -0.25) is 0 Å². The van der Waals surface area contributed by atoms with Crippen LogP contribution in [0.25, 0.3) is 0 Å². The van der Waals surface area contributed by atoms with Crippen molar-refractivity contribution >= 4 is 15.9 Å². The molecule has 0 aliphatic heterocycles. The van der Waals surface area contributed by atoms with Crippen LogP contribution in [0.15, 0.2) is 0 Å². The Labute approximate surface area is 150 Å². The van der Waals surface area contributed by atoms with E-state index in [1.54, 1.807) is 77.0 Å². The van der Waals surface area contributed by atoms with Crippen LogP contribution in [0.3, 0.4) is 0 Å². The van der Waals surface area contributed by atoms with Crippen LogP contribution >= 0.6 is 15.9 Å². The topological polar surface area (TPSA) is 0 Å². The molecule has 6 fully saturated rings. The molecule has 0 aromatic rings. The Morgan fingerprint density at radius 1 is 0.696 bits per heavy atom. The number of hydrogen-bond acceptors (Lipinski definition) is 0. The lowest BCUT2D eigenvalue weighted by molar-refractivity contribution is -0.0470. The van der Waals surface area contributed by atoms with Gasteiger partial charge in [0.15, 0.2) is 0 Å². The summed E-state index contributed by atoms with van der Waals surface area (Å²) in [5, 5.41) is 0. The smallest absolute Gasteiger partial charge is 0.0292 e. The van der Waals surface area contributed by atoms with Crippen molar-refractivity contribution in [3.05, 3.63) is 0 Å². The minimum Gasteiger partial charge on any atom is -0.0850 e. The van der Waals surface area contributed by atoms with Crippen LogP contribution in [-0.4, -0.2) is 4.32 Å². The molecule has 0 aromatic carbocycles. The van der Waals surface area contributed by atoms with Crippen molar-refractivity contribution in [1.82, 2.24) is 0 Å². The number of rotatable bonds is 1. The van der Waals surface area contributed by atoms with Gasteiger partial charge in [0.25, 0.3) is 0 Å². The molecular formula is C22H33Br. The molecule has 6 rings (SSSR count). The lowest BCUT2D eigenvalue weighted by atomic mass is 9.50. The standard InChI is InChI=1S/C22H33Br/c23-22-6-2-4-16-8-19(22)13-21(10-16,14-22)20-9-15-3-1-5-17(11-20)18(7-15)12-20/h15-19H,1-14H2. The number of halogens is 1. The largest absolute Gasteiger partial charge is 0.0850 e.